The molecule has 5 N–H and O–H groups in total. The number of carbonyl (C=O) groups is 5. The third-order valence-corrected chi connectivity index (χ3v) is 9.62. The molecule has 4 aliphatic rings. The van der Waals surface area contributed by atoms with Crippen molar-refractivity contribution in [2.24, 2.45) is 35.3 Å². The number of rotatable bonds is 8. The summed E-state index contributed by atoms with van der Waals surface area (Å²) in [5, 5.41) is 32.8. The van der Waals surface area contributed by atoms with Crippen LogP contribution < -0.4 is 5.73 Å². The van der Waals surface area contributed by atoms with E-state index in [0.29, 0.717) is 43.8 Å². The zero-order valence-corrected chi connectivity index (χ0v) is 24.0. The highest BCUT2D eigenvalue weighted by molar-refractivity contribution is 6.25. The zero-order valence-electron chi connectivity index (χ0n) is 24.0. The van der Waals surface area contributed by atoms with E-state index < -0.39 is 64.9 Å². The number of aryl methyl sites for hydroxylation is 1. The van der Waals surface area contributed by atoms with Gasteiger partial charge in [0, 0.05) is 31.1 Å². The first-order chi connectivity index (χ1) is 19.8. The predicted octanol–water partition coefficient (Wildman–Crippen LogP) is 1.31. The standard InChI is InChI=1S/C32H39NO9/c1-15(2)14-42-24(36)10-5-16-3-6-17(7-4-16)20-8-9-22(34)26-21(20)12-18-11-19-13-23(35)27(31(33)40)30(39)32(19,41)29(38)25(18)28(26)37/h3-4,6-7,15,18-20,24-25,27,29,36,38,41H,5,8-14H2,1-2H3,(H2,33,40)/t18-,19+,20?,24?,25?,27?,29?,32+/m1/s1. The minimum absolute atomic E-state index is 0.0360. The molecule has 226 valence electrons. The van der Waals surface area contributed by atoms with Crippen molar-refractivity contribution < 1.29 is 44.0 Å². The van der Waals surface area contributed by atoms with Gasteiger partial charge in [0.05, 0.1) is 18.1 Å². The molecule has 0 aliphatic heterocycles. The fourth-order valence-corrected chi connectivity index (χ4v) is 7.52. The molecule has 0 heterocycles. The number of primary amides is 1. The van der Waals surface area contributed by atoms with Crippen LogP contribution in [0.2, 0.25) is 0 Å². The monoisotopic (exact) mass is 581 g/mol. The lowest BCUT2D eigenvalue weighted by Gasteiger charge is -2.53. The topological polar surface area (TPSA) is 181 Å². The third kappa shape index (κ3) is 5.19. The van der Waals surface area contributed by atoms with Crippen LogP contribution in [0.3, 0.4) is 0 Å². The van der Waals surface area contributed by atoms with E-state index in [-0.39, 0.29) is 36.5 Å². The fourth-order valence-electron chi connectivity index (χ4n) is 7.52. The molecule has 0 bridgehead atoms. The van der Waals surface area contributed by atoms with Gasteiger partial charge in [-0.3, -0.25) is 24.0 Å². The molecule has 10 nitrogen and oxygen atoms in total. The number of aliphatic hydroxyl groups excluding tert-OH is 2. The smallest absolute Gasteiger partial charge is 0.235 e. The molecular weight excluding hydrogens is 542 g/mol. The largest absolute Gasteiger partial charge is 0.389 e. The molecule has 5 unspecified atom stereocenters. The van der Waals surface area contributed by atoms with Crippen LogP contribution >= 0.6 is 0 Å². The van der Waals surface area contributed by atoms with Gasteiger partial charge in [-0.15, -0.1) is 0 Å². The molecule has 0 aromatic heterocycles. The number of ketones is 4. The Hall–Kier alpha value is -3.05. The Labute approximate surface area is 244 Å². The van der Waals surface area contributed by atoms with E-state index in [1.807, 2.05) is 38.1 Å². The van der Waals surface area contributed by atoms with Gasteiger partial charge in [-0.1, -0.05) is 38.1 Å². The van der Waals surface area contributed by atoms with Crippen molar-refractivity contribution in [2.75, 3.05) is 6.61 Å². The number of amides is 1. The van der Waals surface area contributed by atoms with E-state index in [9.17, 15) is 39.3 Å². The van der Waals surface area contributed by atoms with E-state index in [1.165, 1.54) is 0 Å². The number of allylic oxidation sites excluding steroid dienone is 2. The first-order valence-corrected chi connectivity index (χ1v) is 14.8. The fraction of sp³-hybridized carbons (Fsp3) is 0.594. The van der Waals surface area contributed by atoms with E-state index in [2.05, 4.69) is 0 Å². The maximum Gasteiger partial charge on any atom is 0.235 e. The first-order valence-electron chi connectivity index (χ1n) is 14.8. The molecule has 0 radical (unpaired) electrons. The number of carbonyl (C=O) groups excluding carboxylic acids is 5. The van der Waals surface area contributed by atoms with Gasteiger partial charge in [-0.05, 0) is 54.2 Å². The van der Waals surface area contributed by atoms with E-state index in [0.717, 1.165) is 11.1 Å². The van der Waals surface area contributed by atoms with Crippen molar-refractivity contribution in [2.45, 2.75) is 82.7 Å². The third-order valence-electron chi connectivity index (χ3n) is 9.62. The van der Waals surface area contributed by atoms with Crippen molar-refractivity contribution in [3.05, 3.63) is 46.5 Å². The average Bonchev–Trinajstić information content (AvgIpc) is 2.93. The van der Waals surface area contributed by atoms with Gasteiger partial charge in [0.2, 0.25) is 5.91 Å². The minimum Gasteiger partial charge on any atom is -0.389 e. The lowest BCUT2D eigenvalue weighted by Crippen LogP contribution is -2.70. The van der Waals surface area contributed by atoms with Crippen LogP contribution in [-0.2, 0) is 35.1 Å². The van der Waals surface area contributed by atoms with Gasteiger partial charge in [-0.25, -0.2) is 0 Å². The Bertz CT molecular complexity index is 1330. The Morgan fingerprint density at radius 3 is 2.45 bits per heavy atom. The molecule has 0 saturated heterocycles. The van der Waals surface area contributed by atoms with Crippen LogP contribution in [-0.4, -0.2) is 69.0 Å². The van der Waals surface area contributed by atoms with E-state index >= 15 is 0 Å². The van der Waals surface area contributed by atoms with E-state index in [4.69, 9.17) is 10.5 Å². The highest BCUT2D eigenvalue weighted by Crippen LogP contribution is 2.54. The normalized spacial score (nSPS) is 33.8. The molecule has 4 aliphatic carbocycles. The molecule has 1 amide bonds. The Morgan fingerprint density at radius 2 is 1.81 bits per heavy atom. The molecule has 10 heteroatoms. The highest BCUT2D eigenvalue weighted by atomic mass is 16.6. The maximum atomic E-state index is 13.8. The summed E-state index contributed by atoms with van der Waals surface area (Å²) >= 11 is 0. The Balaban J connectivity index is 1.38. The van der Waals surface area contributed by atoms with Crippen molar-refractivity contribution in [3.8, 4) is 0 Å². The van der Waals surface area contributed by atoms with Crippen LogP contribution in [0.1, 0.15) is 69.4 Å². The number of nitrogens with two attached hydrogens (primary N) is 1. The Kier molecular flexibility index (Phi) is 8.37. The van der Waals surface area contributed by atoms with Crippen molar-refractivity contribution >= 4 is 29.0 Å². The van der Waals surface area contributed by atoms with Crippen LogP contribution in [0.15, 0.2) is 35.4 Å². The van der Waals surface area contributed by atoms with Gasteiger partial charge >= 0.3 is 0 Å². The number of Topliss-reactive ketones (excluding diaryl/α,β-unsaturated/α-hetero) is 4. The average molecular weight is 582 g/mol. The molecule has 0 spiro atoms. The van der Waals surface area contributed by atoms with Crippen molar-refractivity contribution in [3.63, 3.8) is 0 Å². The highest BCUT2D eigenvalue weighted by Gasteiger charge is 2.66. The number of hydrogen-bond donors (Lipinski definition) is 4. The van der Waals surface area contributed by atoms with Crippen LogP contribution in [0.5, 0.6) is 0 Å². The molecule has 1 aromatic rings. The zero-order chi connectivity index (χ0) is 30.5. The van der Waals surface area contributed by atoms with Gasteiger partial charge in [-0.2, -0.15) is 0 Å². The maximum absolute atomic E-state index is 13.8. The van der Waals surface area contributed by atoms with Crippen LogP contribution in [0.4, 0.5) is 0 Å². The molecular formula is C32H39NO9. The molecule has 42 heavy (non-hydrogen) atoms. The molecule has 1 aromatic carbocycles. The summed E-state index contributed by atoms with van der Waals surface area (Å²) in [5.74, 6) is -8.36. The molecule has 2 saturated carbocycles. The number of fused-ring (bicyclic) bond motifs is 2. The molecule has 2 fully saturated rings. The van der Waals surface area contributed by atoms with Crippen LogP contribution in [0, 0.1) is 29.6 Å². The first kappa shape index (κ1) is 30.4. The van der Waals surface area contributed by atoms with Gasteiger partial charge in [0.25, 0.3) is 0 Å². The van der Waals surface area contributed by atoms with E-state index in [1.54, 1.807) is 0 Å². The summed E-state index contributed by atoms with van der Waals surface area (Å²) in [7, 11) is 0. The van der Waals surface area contributed by atoms with Gasteiger partial charge < -0.3 is 25.8 Å². The summed E-state index contributed by atoms with van der Waals surface area (Å²) in [5.41, 5.74) is 5.49. The minimum atomic E-state index is -2.47. The second-order valence-corrected chi connectivity index (χ2v) is 12.8. The number of benzene rings is 1. The summed E-state index contributed by atoms with van der Waals surface area (Å²) in [6.07, 6.45) is -0.837. The van der Waals surface area contributed by atoms with Crippen molar-refractivity contribution in [1.82, 2.24) is 0 Å². The Morgan fingerprint density at radius 1 is 1.12 bits per heavy atom. The molecule has 8 atom stereocenters. The van der Waals surface area contributed by atoms with Gasteiger partial charge in [0.15, 0.2) is 40.9 Å². The predicted molar refractivity (Wildman–Crippen MR) is 149 cm³/mol. The number of ether oxygens (including phenoxy) is 1. The quantitative estimate of drug-likeness (QED) is 0.200. The lowest BCUT2D eigenvalue weighted by atomic mass is 9.52. The summed E-state index contributed by atoms with van der Waals surface area (Å²) in [6, 6.07) is 7.87. The van der Waals surface area contributed by atoms with Crippen molar-refractivity contribution in [1.29, 1.82) is 0 Å². The SMILES string of the molecule is CC(C)COC(O)CCc1ccc(C2CCC(=O)C3=C2C[C@H]2C[C@H]4CC(=O)C(C(N)=O)C(=O)[C@@]4(O)C(O)C2C3=O)cc1. The number of hydrogen-bond acceptors (Lipinski definition) is 9. The van der Waals surface area contributed by atoms with Crippen LogP contribution in [0.25, 0.3) is 0 Å². The second kappa shape index (κ2) is 11.6. The van der Waals surface area contributed by atoms with Gasteiger partial charge in [0.1, 0.15) is 6.10 Å². The molecule has 5 rings (SSSR count). The summed E-state index contributed by atoms with van der Waals surface area (Å²) in [6.45, 7) is 4.51. The second-order valence-electron chi connectivity index (χ2n) is 12.8. The summed E-state index contributed by atoms with van der Waals surface area (Å²) in [4.78, 5) is 64.5. The number of aliphatic hydroxyl groups is 3. The lowest BCUT2D eigenvalue weighted by molar-refractivity contribution is -0.199. The summed E-state index contributed by atoms with van der Waals surface area (Å²) < 4.78 is 5.44.